The molecule has 0 aliphatic heterocycles. The zero-order valence-corrected chi connectivity index (χ0v) is 15.0. The molecule has 138 valence electrons. The van der Waals surface area contributed by atoms with Crippen LogP contribution in [-0.2, 0) is 13.0 Å². The van der Waals surface area contributed by atoms with E-state index in [1.165, 1.54) is 0 Å². The average Bonchev–Trinajstić information content (AvgIpc) is 2.73. The lowest BCUT2D eigenvalue weighted by Crippen LogP contribution is -2.39. The van der Waals surface area contributed by atoms with Crippen LogP contribution in [0.5, 0.6) is 5.75 Å². The van der Waals surface area contributed by atoms with Gasteiger partial charge >= 0.3 is 0 Å². The second kappa shape index (κ2) is 9.55. The molecule has 0 spiro atoms. The van der Waals surface area contributed by atoms with E-state index in [1.807, 2.05) is 66.7 Å². The fraction of sp³-hybridized carbons (Fsp3) is 0.174. The second-order valence-electron chi connectivity index (χ2n) is 6.34. The number of carbonyl (C=O) groups is 1. The van der Waals surface area contributed by atoms with Crippen LogP contribution >= 0.6 is 0 Å². The van der Waals surface area contributed by atoms with Crippen LogP contribution in [0.25, 0.3) is 0 Å². The van der Waals surface area contributed by atoms with Crippen LogP contribution in [0, 0.1) is 0 Å². The number of hydrogen-bond acceptors (Lipinski definition) is 3. The predicted octanol–water partition coefficient (Wildman–Crippen LogP) is 3.60. The summed E-state index contributed by atoms with van der Waals surface area (Å²) in [4.78, 5) is 12.6. The minimum absolute atomic E-state index is 0.120. The van der Waals surface area contributed by atoms with Crippen LogP contribution < -0.4 is 10.1 Å². The molecule has 3 aromatic rings. The second-order valence-corrected chi connectivity index (χ2v) is 6.34. The highest BCUT2D eigenvalue weighted by atomic mass is 16.5. The van der Waals surface area contributed by atoms with Gasteiger partial charge in [-0.25, -0.2) is 0 Å². The Morgan fingerprint density at radius 2 is 1.56 bits per heavy atom. The molecule has 0 aliphatic rings. The molecular formula is C23H23NO3. The number of aliphatic hydroxyl groups is 1. The van der Waals surface area contributed by atoms with E-state index < -0.39 is 0 Å². The molecule has 0 aliphatic carbocycles. The van der Waals surface area contributed by atoms with E-state index in [0.29, 0.717) is 24.3 Å². The van der Waals surface area contributed by atoms with E-state index in [0.717, 1.165) is 11.1 Å². The molecule has 3 aromatic carbocycles. The van der Waals surface area contributed by atoms with Crippen LogP contribution in [0.1, 0.15) is 21.5 Å². The normalized spacial score (nSPS) is 11.6. The fourth-order valence-corrected chi connectivity index (χ4v) is 2.80. The first-order chi connectivity index (χ1) is 13.2. The zero-order chi connectivity index (χ0) is 18.9. The third kappa shape index (κ3) is 5.69. The molecule has 0 saturated carbocycles. The van der Waals surface area contributed by atoms with Gasteiger partial charge in [-0.05, 0) is 35.7 Å². The summed E-state index contributed by atoms with van der Waals surface area (Å²) in [6.07, 6.45) is 0.577. The summed E-state index contributed by atoms with van der Waals surface area (Å²) in [6, 6.07) is 26.4. The lowest BCUT2D eigenvalue weighted by molar-refractivity contribution is 0.0916. The third-order valence-electron chi connectivity index (χ3n) is 4.23. The molecule has 0 unspecified atom stereocenters. The van der Waals surface area contributed by atoms with Crippen molar-refractivity contribution in [3.8, 4) is 5.75 Å². The zero-order valence-electron chi connectivity index (χ0n) is 15.0. The van der Waals surface area contributed by atoms with E-state index in [1.54, 1.807) is 18.2 Å². The van der Waals surface area contributed by atoms with Gasteiger partial charge in [0.05, 0.1) is 12.6 Å². The van der Waals surface area contributed by atoms with E-state index in [2.05, 4.69) is 5.32 Å². The highest BCUT2D eigenvalue weighted by molar-refractivity contribution is 5.94. The lowest BCUT2D eigenvalue weighted by atomic mass is 10.1. The van der Waals surface area contributed by atoms with Gasteiger partial charge in [0, 0.05) is 5.56 Å². The van der Waals surface area contributed by atoms with Gasteiger partial charge in [-0.1, -0.05) is 66.7 Å². The van der Waals surface area contributed by atoms with Crippen LogP contribution in [0.15, 0.2) is 84.9 Å². The Bertz CT molecular complexity index is 850. The number of carbonyl (C=O) groups excluding carboxylic acids is 1. The molecule has 0 saturated heterocycles. The molecule has 0 radical (unpaired) electrons. The van der Waals surface area contributed by atoms with Gasteiger partial charge in [-0.15, -0.1) is 0 Å². The topological polar surface area (TPSA) is 58.6 Å². The van der Waals surface area contributed by atoms with Crippen LogP contribution in [0.2, 0.25) is 0 Å². The quantitative estimate of drug-likeness (QED) is 0.644. The Kier molecular flexibility index (Phi) is 6.61. The molecule has 1 atom stereocenters. The average molecular weight is 361 g/mol. The molecule has 0 heterocycles. The summed E-state index contributed by atoms with van der Waals surface area (Å²) in [7, 11) is 0. The van der Waals surface area contributed by atoms with Gasteiger partial charge in [0.1, 0.15) is 12.4 Å². The van der Waals surface area contributed by atoms with Gasteiger partial charge < -0.3 is 15.2 Å². The van der Waals surface area contributed by atoms with Crippen LogP contribution in [-0.4, -0.2) is 23.7 Å². The van der Waals surface area contributed by atoms with Crippen LogP contribution in [0.4, 0.5) is 0 Å². The maximum atomic E-state index is 12.6. The van der Waals surface area contributed by atoms with E-state index in [4.69, 9.17) is 4.74 Å². The van der Waals surface area contributed by atoms with Crippen molar-refractivity contribution in [3.63, 3.8) is 0 Å². The number of amides is 1. The van der Waals surface area contributed by atoms with E-state index in [-0.39, 0.29) is 18.6 Å². The van der Waals surface area contributed by atoms with Gasteiger partial charge in [-0.3, -0.25) is 4.79 Å². The van der Waals surface area contributed by atoms with Crippen molar-refractivity contribution in [3.05, 3.63) is 102 Å². The molecule has 0 fully saturated rings. The standard InChI is InChI=1S/C23H23NO3/c25-16-21(14-18-8-3-1-4-9-18)24-23(26)20-12-7-13-22(15-20)27-17-19-10-5-2-6-11-19/h1-13,15,21,25H,14,16-17H2,(H,24,26)/t21-/m0/s1. The summed E-state index contributed by atoms with van der Waals surface area (Å²) >= 11 is 0. The Hall–Kier alpha value is -3.11. The number of aliphatic hydroxyl groups excluding tert-OH is 1. The van der Waals surface area contributed by atoms with Gasteiger partial charge in [-0.2, -0.15) is 0 Å². The van der Waals surface area contributed by atoms with Crippen molar-refractivity contribution in [2.24, 2.45) is 0 Å². The SMILES string of the molecule is O=C(N[C@H](CO)Cc1ccccc1)c1cccc(OCc2ccccc2)c1. The minimum Gasteiger partial charge on any atom is -0.489 e. The maximum absolute atomic E-state index is 12.6. The van der Waals surface area contributed by atoms with Crippen LogP contribution in [0.3, 0.4) is 0 Å². The Morgan fingerprint density at radius 1 is 0.889 bits per heavy atom. The number of nitrogens with one attached hydrogen (secondary N) is 1. The molecular weight excluding hydrogens is 338 g/mol. The predicted molar refractivity (Wildman–Crippen MR) is 106 cm³/mol. The number of benzene rings is 3. The number of ether oxygens (including phenoxy) is 1. The van der Waals surface area contributed by atoms with Gasteiger partial charge in [0.2, 0.25) is 0 Å². The maximum Gasteiger partial charge on any atom is 0.251 e. The first kappa shape index (κ1) is 18.7. The monoisotopic (exact) mass is 361 g/mol. The molecule has 1 amide bonds. The first-order valence-electron chi connectivity index (χ1n) is 8.97. The molecule has 4 nitrogen and oxygen atoms in total. The van der Waals surface area contributed by atoms with Crippen molar-refractivity contribution in [2.75, 3.05) is 6.61 Å². The fourth-order valence-electron chi connectivity index (χ4n) is 2.80. The van der Waals surface area contributed by atoms with Crippen molar-refractivity contribution in [1.29, 1.82) is 0 Å². The minimum atomic E-state index is -0.339. The van der Waals surface area contributed by atoms with Gasteiger partial charge in [0.25, 0.3) is 5.91 Å². The van der Waals surface area contributed by atoms with Crippen molar-refractivity contribution in [1.82, 2.24) is 5.32 Å². The summed E-state index contributed by atoms with van der Waals surface area (Å²) in [6.45, 7) is 0.323. The first-order valence-corrected chi connectivity index (χ1v) is 8.97. The summed E-state index contributed by atoms with van der Waals surface area (Å²) in [5.74, 6) is 0.408. The summed E-state index contributed by atoms with van der Waals surface area (Å²) in [5.41, 5.74) is 2.64. The van der Waals surface area contributed by atoms with E-state index >= 15 is 0 Å². The third-order valence-corrected chi connectivity index (χ3v) is 4.23. The summed E-state index contributed by atoms with van der Waals surface area (Å²) in [5, 5.41) is 12.5. The van der Waals surface area contributed by atoms with Gasteiger partial charge in [0.15, 0.2) is 0 Å². The van der Waals surface area contributed by atoms with Crippen molar-refractivity contribution < 1.29 is 14.6 Å². The Morgan fingerprint density at radius 3 is 2.22 bits per heavy atom. The Balaban J connectivity index is 1.60. The number of rotatable bonds is 8. The molecule has 27 heavy (non-hydrogen) atoms. The molecule has 0 bridgehead atoms. The molecule has 0 aromatic heterocycles. The highest BCUT2D eigenvalue weighted by Gasteiger charge is 2.14. The molecule has 3 rings (SSSR count). The lowest BCUT2D eigenvalue weighted by Gasteiger charge is -2.17. The molecule has 4 heteroatoms. The highest BCUT2D eigenvalue weighted by Crippen LogP contribution is 2.15. The van der Waals surface area contributed by atoms with E-state index in [9.17, 15) is 9.90 Å². The Labute approximate surface area is 159 Å². The largest absolute Gasteiger partial charge is 0.489 e. The van der Waals surface area contributed by atoms with Crippen molar-refractivity contribution >= 4 is 5.91 Å². The summed E-state index contributed by atoms with van der Waals surface area (Å²) < 4.78 is 5.78. The smallest absolute Gasteiger partial charge is 0.251 e. The number of hydrogen-bond donors (Lipinski definition) is 2. The van der Waals surface area contributed by atoms with Crippen molar-refractivity contribution in [2.45, 2.75) is 19.1 Å². The molecule has 2 N–H and O–H groups in total.